The molecule has 0 atom stereocenters. The number of anilines is 1. The lowest BCUT2D eigenvalue weighted by Crippen LogP contribution is -2.37. The highest BCUT2D eigenvalue weighted by Crippen LogP contribution is 2.35. The number of carbonyl (C=O) groups is 2. The molecule has 4 rings (SSSR count). The average molecular weight is 397 g/mol. The second-order valence-corrected chi connectivity index (χ2v) is 6.76. The standard InChI is InChI=1S/C21H23N3O5/c1-4-15-16(20(25)27-2)17(21(26)28-3)18-13-7-5-6-8-14(13)19(22-24(15)18)23-9-11-29-12-10-23/h5-8H,4,9-12H2,1-3H3. The molecule has 3 aromatic rings. The average Bonchev–Trinajstić information content (AvgIpc) is 3.12. The van der Waals surface area contributed by atoms with E-state index in [4.69, 9.17) is 19.3 Å². The number of ether oxygens (including phenoxy) is 3. The molecule has 1 aliphatic heterocycles. The Morgan fingerprint density at radius 2 is 1.66 bits per heavy atom. The second-order valence-electron chi connectivity index (χ2n) is 6.76. The van der Waals surface area contributed by atoms with Gasteiger partial charge >= 0.3 is 11.9 Å². The molecule has 1 aliphatic rings. The molecule has 0 radical (unpaired) electrons. The minimum Gasteiger partial charge on any atom is -0.465 e. The smallest absolute Gasteiger partial charge is 0.341 e. The first kappa shape index (κ1) is 19.2. The number of hydrogen-bond acceptors (Lipinski definition) is 7. The van der Waals surface area contributed by atoms with Gasteiger partial charge in [-0.2, -0.15) is 0 Å². The lowest BCUT2D eigenvalue weighted by Gasteiger charge is -2.29. The second kappa shape index (κ2) is 7.71. The van der Waals surface area contributed by atoms with E-state index in [1.165, 1.54) is 14.2 Å². The van der Waals surface area contributed by atoms with Crippen molar-refractivity contribution in [3.63, 3.8) is 0 Å². The van der Waals surface area contributed by atoms with Crippen LogP contribution in [-0.2, 0) is 20.6 Å². The van der Waals surface area contributed by atoms with Crippen LogP contribution in [0.3, 0.4) is 0 Å². The third kappa shape index (κ3) is 3.00. The van der Waals surface area contributed by atoms with Gasteiger partial charge in [0.25, 0.3) is 0 Å². The van der Waals surface area contributed by atoms with Gasteiger partial charge < -0.3 is 19.1 Å². The first-order valence-corrected chi connectivity index (χ1v) is 9.58. The predicted octanol–water partition coefficient (Wildman–Crippen LogP) is 2.46. The van der Waals surface area contributed by atoms with E-state index in [-0.39, 0.29) is 11.1 Å². The van der Waals surface area contributed by atoms with Crippen LogP contribution in [0, 0.1) is 0 Å². The molecule has 0 aliphatic carbocycles. The van der Waals surface area contributed by atoms with Crippen molar-refractivity contribution in [1.82, 2.24) is 9.61 Å². The van der Waals surface area contributed by atoms with Gasteiger partial charge in [0, 0.05) is 23.9 Å². The molecule has 0 N–H and O–H groups in total. The molecule has 3 heterocycles. The highest BCUT2D eigenvalue weighted by atomic mass is 16.5. The summed E-state index contributed by atoms with van der Waals surface area (Å²) >= 11 is 0. The van der Waals surface area contributed by atoms with Crippen LogP contribution >= 0.6 is 0 Å². The number of methoxy groups -OCH3 is 2. The molecule has 29 heavy (non-hydrogen) atoms. The number of carbonyl (C=O) groups excluding carboxylic acids is 2. The summed E-state index contributed by atoms with van der Waals surface area (Å²) in [5.74, 6) is -0.368. The van der Waals surface area contributed by atoms with Crippen LogP contribution in [-0.4, -0.2) is 62.1 Å². The van der Waals surface area contributed by atoms with Crippen molar-refractivity contribution in [2.45, 2.75) is 13.3 Å². The maximum Gasteiger partial charge on any atom is 0.341 e. The minimum absolute atomic E-state index is 0.188. The van der Waals surface area contributed by atoms with Crippen LogP contribution in [0.25, 0.3) is 16.3 Å². The van der Waals surface area contributed by atoms with Crippen molar-refractivity contribution >= 4 is 34.0 Å². The lowest BCUT2D eigenvalue weighted by atomic mass is 10.0. The van der Waals surface area contributed by atoms with Gasteiger partial charge in [-0.25, -0.2) is 14.1 Å². The van der Waals surface area contributed by atoms with Gasteiger partial charge in [-0.05, 0) is 6.42 Å². The van der Waals surface area contributed by atoms with E-state index in [1.54, 1.807) is 4.52 Å². The quantitative estimate of drug-likeness (QED) is 0.626. The van der Waals surface area contributed by atoms with Crippen molar-refractivity contribution < 1.29 is 23.8 Å². The third-order valence-electron chi connectivity index (χ3n) is 5.29. The predicted molar refractivity (Wildman–Crippen MR) is 108 cm³/mol. The molecule has 8 nitrogen and oxygen atoms in total. The van der Waals surface area contributed by atoms with Crippen LogP contribution in [0.15, 0.2) is 24.3 Å². The number of rotatable bonds is 4. The Bertz CT molecular complexity index is 1100. The number of esters is 2. The van der Waals surface area contributed by atoms with Gasteiger partial charge in [0.2, 0.25) is 0 Å². The molecule has 0 unspecified atom stereocenters. The van der Waals surface area contributed by atoms with Crippen LogP contribution in [0.4, 0.5) is 5.82 Å². The molecule has 0 bridgehead atoms. The Hall–Kier alpha value is -3.13. The van der Waals surface area contributed by atoms with E-state index in [0.29, 0.717) is 30.8 Å². The zero-order valence-electron chi connectivity index (χ0n) is 16.7. The summed E-state index contributed by atoms with van der Waals surface area (Å²) in [5, 5.41) is 6.62. The molecule has 1 aromatic carbocycles. The lowest BCUT2D eigenvalue weighted by molar-refractivity contribution is 0.0557. The highest BCUT2D eigenvalue weighted by molar-refractivity contribution is 6.16. The van der Waals surface area contributed by atoms with Gasteiger partial charge in [-0.1, -0.05) is 31.2 Å². The highest BCUT2D eigenvalue weighted by Gasteiger charge is 2.31. The van der Waals surface area contributed by atoms with Gasteiger partial charge in [0.15, 0.2) is 5.82 Å². The van der Waals surface area contributed by atoms with E-state index >= 15 is 0 Å². The SMILES string of the molecule is CCc1c(C(=O)OC)c(C(=O)OC)c2c3ccccc3c(N3CCOCC3)nn12. The fourth-order valence-corrected chi connectivity index (χ4v) is 3.96. The van der Waals surface area contributed by atoms with Crippen LogP contribution in [0.1, 0.15) is 33.3 Å². The number of benzene rings is 1. The van der Waals surface area contributed by atoms with E-state index < -0.39 is 11.9 Å². The largest absolute Gasteiger partial charge is 0.465 e. The van der Waals surface area contributed by atoms with E-state index in [1.807, 2.05) is 31.2 Å². The Kier molecular flexibility index (Phi) is 5.10. The molecule has 152 valence electrons. The van der Waals surface area contributed by atoms with Crippen molar-refractivity contribution in [2.75, 3.05) is 45.4 Å². The molecular formula is C21H23N3O5. The zero-order valence-corrected chi connectivity index (χ0v) is 16.7. The molecule has 1 saturated heterocycles. The Morgan fingerprint density at radius 1 is 1.03 bits per heavy atom. The normalized spacial score (nSPS) is 14.4. The number of aryl methyl sites for hydroxylation is 1. The zero-order chi connectivity index (χ0) is 20.5. The van der Waals surface area contributed by atoms with Crippen LogP contribution in [0.2, 0.25) is 0 Å². The van der Waals surface area contributed by atoms with Crippen molar-refractivity contribution in [1.29, 1.82) is 0 Å². The fraction of sp³-hybridized carbons (Fsp3) is 0.381. The summed E-state index contributed by atoms with van der Waals surface area (Å²) < 4.78 is 17.2. The summed E-state index contributed by atoms with van der Waals surface area (Å²) in [7, 11) is 2.60. The Morgan fingerprint density at radius 3 is 2.28 bits per heavy atom. The summed E-state index contributed by atoms with van der Waals surface area (Å²) in [4.78, 5) is 27.5. The molecule has 0 spiro atoms. The van der Waals surface area contributed by atoms with Crippen molar-refractivity contribution in [3.05, 3.63) is 41.1 Å². The Balaban J connectivity index is 2.15. The van der Waals surface area contributed by atoms with E-state index in [9.17, 15) is 9.59 Å². The van der Waals surface area contributed by atoms with Crippen LogP contribution in [0.5, 0.6) is 0 Å². The molecular weight excluding hydrogens is 374 g/mol. The van der Waals surface area contributed by atoms with Gasteiger partial charge in [0.1, 0.15) is 5.56 Å². The summed E-state index contributed by atoms with van der Waals surface area (Å²) in [5.41, 5.74) is 1.57. The summed E-state index contributed by atoms with van der Waals surface area (Å²) in [6.07, 6.45) is 0.497. The van der Waals surface area contributed by atoms with E-state index in [0.717, 1.165) is 29.7 Å². The monoisotopic (exact) mass is 397 g/mol. The van der Waals surface area contributed by atoms with Gasteiger partial charge in [-0.15, -0.1) is 5.10 Å². The van der Waals surface area contributed by atoms with Crippen molar-refractivity contribution in [3.8, 4) is 0 Å². The first-order chi connectivity index (χ1) is 14.1. The number of nitrogens with zero attached hydrogens (tertiary/aromatic N) is 3. The van der Waals surface area contributed by atoms with Gasteiger partial charge in [-0.3, -0.25) is 0 Å². The van der Waals surface area contributed by atoms with Gasteiger partial charge in [0.05, 0.1) is 44.2 Å². The molecule has 0 amide bonds. The number of hydrogen-bond donors (Lipinski definition) is 0. The molecule has 0 saturated carbocycles. The third-order valence-corrected chi connectivity index (χ3v) is 5.29. The number of morpholine rings is 1. The minimum atomic E-state index is -0.589. The molecule has 2 aromatic heterocycles. The fourth-order valence-electron chi connectivity index (χ4n) is 3.96. The van der Waals surface area contributed by atoms with Crippen LogP contribution < -0.4 is 4.90 Å². The summed E-state index contributed by atoms with van der Waals surface area (Å²) in [6, 6.07) is 7.75. The molecule has 1 fully saturated rings. The Labute approximate surface area is 167 Å². The maximum absolute atomic E-state index is 12.7. The maximum atomic E-state index is 12.7. The number of fused-ring (bicyclic) bond motifs is 3. The topological polar surface area (TPSA) is 82.4 Å². The number of aromatic nitrogens is 2. The summed E-state index contributed by atoms with van der Waals surface area (Å²) in [6.45, 7) is 4.61. The van der Waals surface area contributed by atoms with Crippen molar-refractivity contribution in [2.24, 2.45) is 0 Å². The first-order valence-electron chi connectivity index (χ1n) is 9.58. The molecule has 8 heteroatoms. The van der Waals surface area contributed by atoms with E-state index in [2.05, 4.69) is 4.90 Å².